The first-order valence-electron chi connectivity index (χ1n) is 10.2. The van der Waals surface area contributed by atoms with Crippen LogP contribution in [0.1, 0.15) is 67.2 Å². The highest BCUT2D eigenvalue weighted by Gasteiger charge is 2.67. The SMILES string of the molecule is CCC(CC)[C@@H]1[C@](C)(C(=O)/C=C\O)[C@H]2[C@H](C)C[C@@](C)(O)C[C@@H]2C(=O)[C@@]1(C)O. The molecule has 0 spiro atoms. The summed E-state index contributed by atoms with van der Waals surface area (Å²) >= 11 is 0. The number of hydrogen-bond acceptors (Lipinski definition) is 5. The van der Waals surface area contributed by atoms with Gasteiger partial charge in [0, 0.05) is 23.3 Å². The summed E-state index contributed by atoms with van der Waals surface area (Å²) in [5, 5.41) is 31.4. The van der Waals surface area contributed by atoms with Crippen molar-refractivity contribution in [3.63, 3.8) is 0 Å². The topological polar surface area (TPSA) is 94.8 Å². The fourth-order valence-electron chi connectivity index (χ4n) is 6.76. The van der Waals surface area contributed by atoms with Gasteiger partial charge in [-0.25, -0.2) is 0 Å². The fraction of sp³-hybridized carbons (Fsp3) is 0.818. The van der Waals surface area contributed by atoms with Crippen molar-refractivity contribution in [2.45, 2.75) is 78.4 Å². The summed E-state index contributed by atoms with van der Waals surface area (Å²) in [6.07, 6.45) is 4.17. The minimum atomic E-state index is -1.65. The zero-order chi connectivity index (χ0) is 20.8. The zero-order valence-corrected chi connectivity index (χ0v) is 17.5. The maximum atomic E-state index is 13.4. The molecule has 7 atom stereocenters. The third-order valence-corrected chi connectivity index (χ3v) is 7.52. The maximum absolute atomic E-state index is 13.4. The molecule has 3 N–H and O–H groups in total. The molecule has 27 heavy (non-hydrogen) atoms. The van der Waals surface area contributed by atoms with Gasteiger partial charge in [-0.15, -0.1) is 0 Å². The zero-order valence-electron chi connectivity index (χ0n) is 17.5. The predicted molar refractivity (Wildman–Crippen MR) is 104 cm³/mol. The van der Waals surface area contributed by atoms with Crippen molar-refractivity contribution in [1.82, 2.24) is 0 Å². The van der Waals surface area contributed by atoms with Gasteiger partial charge in [-0.05, 0) is 44.4 Å². The second-order valence-electron chi connectivity index (χ2n) is 9.54. The van der Waals surface area contributed by atoms with Gasteiger partial charge in [0.05, 0.1) is 11.9 Å². The molecule has 0 unspecified atom stereocenters. The van der Waals surface area contributed by atoms with Crippen molar-refractivity contribution in [2.75, 3.05) is 0 Å². The first kappa shape index (κ1) is 22.1. The molecular weight excluding hydrogens is 344 g/mol. The summed E-state index contributed by atoms with van der Waals surface area (Å²) in [6, 6.07) is 0. The molecule has 0 aromatic rings. The van der Waals surface area contributed by atoms with E-state index in [0.29, 0.717) is 6.42 Å². The van der Waals surface area contributed by atoms with E-state index in [9.17, 15) is 24.9 Å². The molecule has 0 radical (unpaired) electrons. The van der Waals surface area contributed by atoms with Crippen molar-refractivity contribution >= 4 is 11.6 Å². The molecule has 0 heterocycles. The Morgan fingerprint density at radius 1 is 1.19 bits per heavy atom. The lowest BCUT2D eigenvalue weighted by atomic mass is 9.42. The molecule has 0 aromatic carbocycles. The van der Waals surface area contributed by atoms with Crippen LogP contribution >= 0.6 is 0 Å². The summed E-state index contributed by atoms with van der Waals surface area (Å²) in [5.74, 6) is -1.96. The summed E-state index contributed by atoms with van der Waals surface area (Å²) in [5.41, 5.74) is -3.64. The minimum absolute atomic E-state index is 0.000537. The van der Waals surface area contributed by atoms with Gasteiger partial charge in [0.15, 0.2) is 11.6 Å². The number of hydrogen-bond donors (Lipinski definition) is 3. The van der Waals surface area contributed by atoms with Crippen molar-refractivity contribution in [1.29, 1.82) is 0 Å². The van der Waals surface area contributed by atoms with Crippen LogP contribution in [0.2, 0.25) is 0 Å². The summed E-state index contributed by atoms with van der Waals surface area (Å²) < 4.78 is 0. The molecule has 2 aliphatic rings. The molecule has 2 rings (SSSR count). The van der Waals surface area contributed by atoms with Crippen molar-refractivity contribution in [3.05, 3.63) is 12.3 Å². The van der Waals surface area contributed by atoms with Crippen LogP contribution in [0.5, 0.6) is 0 Å². The molecule has 0 aliphatic heterocycles. The van der Waals surface area contributed by atoms with E-state index < -0.39 is 28.5 Å². The lowest BCUT2D eigenvalue weighted by Crippen LogP contribution is -2.69. The Morgan fingerprint density at radius 2 is 1.74 bits per heavy atom. The molecule has 0 bridgehead atoms. The first-order valence-corrected chi connectivity index (χ1v) is 10.2. The van der Waals surface area contributed by atoms with Crippen molar-refractivity contribution < 1.29 is 24.9 Å². The highest BCUT2D eigenvalue weighted by molar-refractivity contribution is 6.00. The van der Waals surface area contributed by atoms with E-state index in [0.717, 1.165) is 25.2 Å². The van der Waals surface area contributed by atoms with E-state index in [1.165, 1.54) is 6.92 Å². The van der Waals surface area contributed by atoms with E-state index in [-0.39, 0.29) is 35.7 Å². The minimum Gasteiger partial charge on any atom is -0.515 e. The maximum Gasteiger partial charge on any atom is 0.167 e. The Morgan fingerprint density at radius 3 is 2.22 bits per heavy atom. The van der Waals surface area contributed by atoms with Crippen LogP contribution in [0.15, 0.2) is 12.3 Å². The lowest BCUT2D eigenvalue weighted by Gasteiger charge is -2.61. The number of carbonyl (C=O) groups excluding carboxylic acids is 2. The quantitative estimate of drug-likeness (QED) is 0.502. The van der Waals surface area contributed by atoms with Crippen LogP contribution in [0.3, 0.4) is 0 Å². The smallest absolute Gasteiger partial charge is 0.167 e. The molecule has 2 fully saturated rings. The van der Waals surface area contributed by atoms with Gasteiger partial charge in [-0.1, -0.05) is 40.5 Å². The lowest BCUT2D eigenvalue weighted by molar-refractivity contribution is -0.204. The van der Waals surface area contributed by atoms with Crippen LogP contribution in [0, 0.1) is 35.0 Å². The second-order valence-corrected chi connectivity index (χ2v) is 9.54. The number of allylic oxidation sites excluding steroid dienone is 1. The Bertz CT molecular complexity index is 616. The molecule has 5 nitrogen and oxygen atoms in total. The third kappa shape index (κ3) is 3.38. The summed E-state index contributed by atoms with van der Waals surface area (Å²) in [6.45, 7) is 11.1. The Balaban J connectivity index is 2.74. The van der Waals surface area contributed by atoms with Gasteiger partial charge in [0.2, 0.25) is 0 Å². The van der Waals surface area contributed by atoms with Gasteiger partial charge < -0.3 is 15.3 Å². The van der Waals surface area contributed by atoms with E-state index in [2.05, 4.69) is 0 Å². The highest BCUT2D eigenvalue weighted by Crippen LogP contribution is 2.61. The van der Waals surface area contributed by atoms with Gasteiger partial charge in [-0.3, -0.25) is 9.59 Å². The van der Waals surface area contributed by atoms with Crippen molar-refractivity contribution in [2.24, 2.45) is 35.0 Å². The molecular formula is C22H36O5. The Hall–Kier alpha value is -1.20. The average Bonchev–Trinajstić information content (AvgIpc) is 2.55. The fourth-order valence-corrected chi connectivity index (χ4v) is 6.76. The predicted octanol–water partition coefficient (Wildman–Crippen LogP) is 3.43. The molecule has 0 amide bonds. The number of ketones is 2. The van der Waals surface area contributed by atoms with Crippen LogP contribution in [0.25, 0.3) is 0 Å². The standard InChI is InChI=1S/C22H36O5/c1-7-14(8-2)18-21(5,16(24)9-10-23)17-13(3)11-20(4,26)12-15(17)19(25)22(18,6)27/h9-10,13-15,17-18,23,26-27H,7-8,11-12H2,1-6H3/b10-9-/t13-,15+,17+,18-,20-,21-,22+/m1/s1. The number of fused-ring (bicyclic) bond motifs is 1. The van der Waals surface area contributed by atoms with E-state index in [4.69, 9.17) is 0 Å². The third-order valence-electron chi connectivity index (χ3n) is 7.52. The van der Waals surface area contributed by atoms with E-state index in [1.807, 2.05) is 27.7 Å². The van der Waals surface area contributed by atoms with Crippen molar-refractivity contribution in [3.8, 4) is 0 Å². The number of Topliss-reactive ketones (excluding diaryl/α,β-unsaturated/α-hetero) is 1. The monoisotopic (exact) mass is 380 g/mol. The molecule has 154 valence electrons. The number of carbonyl (C=O) groups is 2. The van der Waals surface area contributed by atoms with Gasteiger partial charge in [0.1, 0.15) is 5.60 Å². The number of rotatable bonds is 5. The second kappa shape index (κ2) is 7.32. The summed E-state index contributed by atoms with van der Waals surface area (Å²) in [4.78, 5) is 26.7. The number of aliphatic hydroxyl groups is 3. The van der Waals surface area contributed by atoms with E-state index >= 15 is 0 Å². The van der Waals surface area contributed by atoms with Crippen LogP contribution < -0.4 is 0 Å². The van der Waals surface area contributed by atoms with Gasteiger partial charge in [0.25, 0.3) is 0 Å². The van der Waals surface area contributed by atoms with E-state index in [1.54, 1.807) is 6.92 Å². The molecule has 0 saturated heterocycles. The van der Waals surface area contributed by atoms with Crippen LogP contribution in [-0.4, -0.2) is 38.1 Å². The number of aliphatic hydroxyl groups excluding tert-OH is 1. The van der Waals surface area contributed by atoms with Gasteiger partial charge >= 0.3 is 0 Å². The summed E-state index contributed by atoms with van der Waals surface area (Å²) in [7, 11) is 0. The van der Waals surface area contributed by atoms with Gasteiger partial charge in [-0.2, -0.15) is 0 Å². The average molecular weight is 381 g/mol. The largest absolute Gasteiger partial charge is 0.515 e. The first-order chi connectivity index (χ1) is 12.4. The highest BCUT2D eigenvalue weighted by atomic mass is 16.3. The molecule has 0 aromatic heterocycles. The van der Waals surface area contributed by atoms with Crippen LogP contribution in [-0.2, 0) is 9.59 Å². The molecule has 5 heteroatoms. The van der Waals surface area contributed by atoms with Crippen LogP contribution in [0.4, 0.5) is 0 Å². The molecule has 2 aliphatic carbocycles. The molecule has 2 saturated carbocycles. The normalized spacial score (nSPS) is 45.3. The Labute approximate surface area is 162 Å². The Kier molecular flexibility index (Phi) is 5.99.